The molecule has 9 heteroatoms. The average Bonchev–Trinajstić information content (AvgIpc) is 2.74. The summed E-state index contributed by atoms with van der Waals surface area (Å²) >= 11 is 0. The zero-order valence-electron chi connectivity index (χ0n) is 15.8. The minimum atomic E-state index is -0.252. The third-order valence-corrected chi connectivity index (χ3v) is 4.45. The number of carbonyl (C=O) groups is 1. The van der Waals surface area contributed by atoms with Gasteiger partial charge in [0.25, 0.3) is 5.91 Å². The molecule has 2 aromatic heterocycles. The van der Waals surface area contributed by atoms with E-state index in [0.29, 0.717) is 41.7 Å². The van der Waals surface area contributed by atoms with Crippen LogP contribution in [0.25, 0.3) is 11.0 Å². The molecule has 0 atom stereocenters. The Hall–Kier alpha value is -3.33. The molecule has 28 heavy (non-hydrogen) atoms. The Bertz CT molecular complexity index is 1000. The van der Waals surface area contributed by atoms with Crippen LogP contribution >= 0.6 is 0 Å². The minimum Gasteiger partial charge on any atom is -0.378 e. The van der Waals surface area contributed by atoms with Crippen molar-refractivity contribution in [3.8, 4) is 0 Å². The summed E-state index contributed by atoms with van der Waals surface area (Å²) in [5.74, 6) is 1.02. The quantitative estimate of drug-likeness (QED) is 0.730. The molecule has 0 bridgehead atoms. The van der Waals surface area contributed by atoms with Gasteiger partial charge >= 0.3 is 0 Å². The van der Waals surface area contributed by atoms with Crippen molar-refractivity contribution < 1.29 is 9.53 Å². The highest BCUT2D eigenvalue weighted by Crippen LogP contribution is 2.25. The van der Waals surface area contributed by atoms with Crippen LogP contribution in [0.1, 0.15) is 10.4 Å². The largest absolute Gasteiger partial charge is 0.378 e. The van der Waals surface area contributed by atoms with E-state index in [1.807, 2.05) is 19.0 Å². The summed E-state index contributed by atoms with van der Waals surface area (Å²) in [6, 6.07) is 5.22. The summed E-state index contributed by atoms with van der Waals surface area (Å²) < 4.78 is 5.38. The topological polar surface area (TPSA) is 96.4 Å². The van der Waals surface area contributed by atoms with E-state index in [0.717, 1.165) is 18.6 Å². The zero-order valence-corrected chi connectivity index (χ0v) is 15.8. The second-order valence-corrected chi connectivity index (χ2v) is 6.62. The van der Waals surface area contributed by atoms with Gasteiger partial charge in [0.15, 0.2) is 5.82 Å². The van der Waals surface area contributed by atoms with Crippen molar-refractivity contribution in [3.05, 3.63) is 42.4 Å². The highest BCUT2D eigenvalue weighted by Gasteiger charge is 2.18. The molecule has 1 aliphatic heterocycles. The Morgan fingerprint density at radius 1 is 1.11 bits per heavy atom. The molecule has 1 aliphatic rings. The normalized spacial score (nSPS) is 14.1. The van der Waals surface area contributed by atoms with Crippen molar-refractivity contribution in [1.29, 1.82) is 0 Å². The van der Waals surface area contributed by atoms with E-state index in [1.54, 1.807) is 36.8 Å². The van der Waals surface area contributed by atoms with Crippen LogP contribution in [0.4, 0.5) is 17.5 Å². The molecular weight excluding hydrogens is 358 g/mol. The molecule has 1 aromatic carbocycles. The predicted octanol–water partition coefficient (Wildman–Crippen LogP) is 1.57. The Morgan fingerprint density at radius 2 is 1.86 bits per heavy atom. The van der Waals surface area contributed by atoms with Crippen LogP contribution in [0.15, 0.2) is 36.8 Å². The van der Waals surface area contributed by atoms with Crippen LogP contribution in [0.3, 0.4) is 0 Å². The van der Waals surface area contributed by atoms with Crippen molar-refractivity contribution in [3.63, 3.8) is 0 Å². The second kappa shape index (κ2) is 7.73. The van der Waals surface area contributed by atoms with Crippen LogP contribution in [0, 0.1) is 0 Å². The van der Waals surface area contributed by atoms with Crippen LogP contribution in [0.2, 0.25) is 0 Å². The molecule has 0 saturated carbocycles. The fraction of sp³-hybridized carbons (Fsp3) is 0.316. The number of aromatic nitrogens is 4. The fourth-order valence-corrected chi connectivity index (χ4v) is 3.01. The Labute approximate surface area is 162 Å². The van der Waals surface area contributed by atoms with Crippen LogP contribution < -0.4 is 15.1 Å². The SMILES string of the molecule is CN(C)c1nc(N2CCOCC2)ncc1NC(=O)c1ccc2nccnc2c1. The maximum Gasteiger partial charge on any atom is 0.255 e. The van der Waals surface area contributed by atoms with Crippen molar-refractivity contribution in [2.45, 2.75) is 0 Å². The summed E-state index contributed by atoms with van der Waals surface area (Å²) in [6.07, 6.45) is 4.87. The molecule has 0 unspecified atom stereocenters. The number of amides is 1. The number of anilines is 3. The summed E-state index contributed by atoms with van der Waals surface area (Å²) in [5.41, 5.74) is 2.45. The highest BCUT2D eigenvalue weighted by molar-refractivity contribution is 6.07. The lowest BCUT2D eigenvalue weighted by atomic mass is 10.2. The van der Waals surface area contributed by atoms with Gasteiger partial charge in [-0.05, 0) is 18.2 Å². The van der Waals surface area contributed by atoms with Gasteiger partial charge in [-0.3, -0.25) is 14.8 Å². The lowest BCUT2D eigenvalue weighted by Crippen LogP contribution is -2.37. The van der Waals surface area contributed by atoms with Gasteiger partial charge in [-0.25, -0.2) is 4.98 Å². The van der Waals surface area contributed by atoms with E-state index in [9.17, 15) is 4.79 Å². The first-order chi connectivity index (χ1) is 13.6. The number of ether oxygens (including phenoxy) is 1. The number of nitrogens with one attached hydrogen (secondary N) is 1. The monoisotopic (exact) mass is 379 g/mol. The Morgan fingerprint density at radius 3 is 2.61 bits per heavy atom. The Balaban J connectivity index is 1.59. The fourth-order valence-electron chi connectivity index (χ4n) is 3.01. The van der Waals surface area contributed by atoms with Crippen molar-refractivity contribution in [2.75, 3.05) is 55.5 Å². The predicted molar refractivity (Wildman–Crippen MR) is 107 cm³/mol. The molecule has 3 aromatic rings. The first-order valence-electron chi connectivity index (χ1n) is 9.01. The van der Waals surface area contributed by atoms with Crippen molar-refractivity contribution >= 4 is 34.4 Å². The molecule has 0 spiro atoms. The second-order valence-electron chi connectivity index (χ2n) is 6.62. The van der Waals surface area contributed by atoms with E-state index < -0.39 is 0 Å². The van der Waals surface area contributed by atoms with Gasteiger partial charge in [0, 0.05) is 45.1 Å². The standard InChI is InChI=1S/C19H21N7O2/c1-25(2)17-16(12-22-19(24-17)26-7-9-28-10-8-26)23-18(27)13-3-4-14-15(11-13)21-6-5-20-14/h3-6,11-12H,7-10H2,1-2H3,(H,23,27). The van der Waals surface area contributed by atoms with Crippen LogP contribution in [0.5, 0.6) is 0 Å². The number of carbonyl (C=O) groups excluding carboxylic acids is 1. The number of rotatable bonds is 4. The summed E-state index contributed by atoms with van der Waals surface area (Å²) in [5, 5.41) is 2.91. The molecule has 1 saturated heterocycles. The summed E-state index contributed by atoms with van der Waals surface area (Å²) in [6.45, 7) is 2.81. The Kier molecular flexibility index (Phi) is 4.98. The van der Waals surface area contributed by atoms with Crippen molar-refractivity contribution in [2.24, 2.45) is 0 Å². The maximum absolute atomic E-state index is 12.8. The molecule has 4 rings (SSSR count). The highest BCUT2D eigenvalue weighted by atomic mass is 16.5. The molecule has 1 amide bonds. The van der Waals surface area contributed by atoms with E-state index in [4.69, 9.17) is 4.74 Å². The number of nitrogens with zero attached hydrogens (tertiary/aromatic N) is 6. The molecule has 1 fully saturated rings. The number of morpholine rings is 1. The minimum absolute atomic E-state index is 0.252. The lowest BCUT2D eigenvalue weighted by molar-refractivity contribution is 0.102. The van der Waals surface area contributed by atoms with E-state index in [2.05, 4.69) is 30.2 Å². The van der Waals surface area contributed by atoms with E-state index in [1.165, 1.54) is 0 Å². The van der Waals surface area contributed by atoms with Gasteiger partial charge in [0.05, 0.1) is 30.4 Å². The first-order valence-corrected chi connectivity index (χ1v) is 9.01. The van der Waals surface area contributed by atoms with Crippen LogP contribution in [-0.2, 0) is 4.74 Å². The lowest BCUT2D eigenvalue weighted by Gasteiger charge is -2.28. The molecule has 9 nitrogen and oxygen atoms in total. The summed E-state index contributed by atoms with van der Waals surface area (Å²) in [4.78, 5) is 34.2. The smallest absolute Gasteiger partial charge is 0.255 e. The number of hydrogen-bond acceptors (Lipinski definition) is 8. The van der Waals surface area contributed by atoms with Gasteiger partial charge in [-0.15, -0.1) is 0 Å². The first kappa shape index (κ1) is 18.1. The molecule has 0 aliphatic carbocycles. The average molecular weight is 379 g/mol. The van der Waals surface area contributed by atoms with Gasteiger partial charge < -0.3 is 19.9 Å². The van der Waals surface area contributed by atoms with E-state index >= 15 is 0 Å². The maximum atomic E-state index is 12.8. The van der Waals surface area contributed by atoms with Gasteiger partial charge in [-0.2, -0.15) is 4.98 Å². The van der Waals surface area contributed by atoms with Crippen molar-refractivity contribution in [1.82, 2.24) is 19.9 Å². The third-order valence-electron chi connectivity index (χ3n) is 4.45. The molecule has 0 radical (unpaired) electrons. The van der Waals surface area contributed by atoms with Gasteiger partial charge in [0.1, 0.15) is 5.69 Å². The molecule has 3 heterocycles. The number of hydrogen-bond donors (Lipinski definition) is 1. The molecule has 144 valence electrons. The third kappa shape index (κ3) is 3.70. The van der Waals surface area contributed by atoms with E-state index in [-0.39, 0.29) is 5.91 Å². The van der Waals surface area contributed by atoms with Gasteiger partial charge in [-0.1, -0.05) is 0 Å². The van der Waals surface area contributed by atoms with Gasteiger partial charge in [0.2, 0.25) is 5.95 Å². The number of fused-ring (bicyclic) bond motifs is 1. The molecule has 1 N–H and O–H groups in total. The summed E-state index contributed by atoms with van der Waals surface area (Å²) in [7, 11) is 3.76. The zero-order chi connectivity index (χ0) is 19.5. The molecular formula is C19H21N7O2. The number of benzene rings is 1. The van der Waals surface area contributed by atoms with Crippen LogP contribution in [-0.4, -0.2) is 66.2 Å².